The van der Waals surface area contributed by atoms with Gasteiger partial charge in [-0.25, -0.2) is 5.43 Å². The number of aromatic nitrogens is 2. The Balaban J connectivity index is 1.56. The first-order chi connectivity index (χ1) is 14.7. The Bertz CT molecular complexity index is 1150. The van der Waals surface area contributed by atoms with Crippen LogP contribution in [0.4, 0.5) is 0 Å². The van der Waals surface area contributed by atoms with E-state index in [4.69, 9.17) is 5.10 Å². The molecule has 5 nitrogen and oxygen atoms in total. The van der Waals surface area contributed by atoms with Crippen molar-refractivity contribution in [2.45, 2.75) is 19.9 Å². The van der Waals surface area contributed by atoms with Gasteiger partial charge in [0.2, 0.25) is 0 Å². The van der Waals surface area contributed by atoms with Gasteiger partial charge in [-0.15, -0.1) is 11.3 Å². The minimum absolute atomic E-state index is 0.208. The van der Waals surface area contributed by atoms with Gasteiger partial charge in [-0.2, -0.15) is 10.2 Å². The van der Waals surface area contributed by atoms with E-state index in [2.05, 4.69) is 29.6 Å². The molecule has 4 rings (SSSR count). The summed E-state index contributed by atoms with van der Waals surface area (Å²) in [7, 11) is 0. The number of hydrogen-bond acceptors (Lipinski definition) is 4. The summed E-state index contributed by atoms with van der Waals surface area (Å²) in [6, 6.07) is 22.1. The second-order valence-corrected chi connectivity index (χ2v) is 7.83. The number of carbonyl (C=O) groups is 1. The molecule has 2 aromatic carbocycles. The van der Waals surface area contributed by atoms with Crippen LogP contribution in [0.1, 0.15) is 33.3 Å². The number of hydrazone groups is 1. The summed E-state index contributed by atoms with van der Waals surface area (Å²) in [6.07, 6.45) is 4.52. The van der Waals surface area contributed by atoms with Crippen LogP contribution in [0.15, 0.2) is 83.4 Å². The molecular weight excluding hydrogens is 392 g/mol. The zero-order valence-electron chi connectivity index (χ0n) is 16.7. The molecule has 4 aromatic rings. The second-order valence-electron chi connectivity index (χ2n) is 6.84. The molecule has 0 bridgehead atoms. The summed E-state index contributed by atoms with van der Waals surface area (Å²) in [5.41, 5.74) is 7.10. The molecule has 0 radical (unpaired) electrons. The highest BCUT2D eigenvalue weighted by Crippen LogP contribution is 2.21. The van der Waals surface area contributed by atoms with Crippen molar-refractivity contribution in [3.05, 3.63) is 99.9 Å². The van der Waals surface area contributed by atoms with Crippen LogP contribution in [-0.2, 0) is 13.0 Å². The minimum Gasteiger partial charge on any atom is -0.267 e. The highest BCUT2D eigenvalue weighted by atomic mass is 32.1. The van der Waals surface area contributed by atoms with Crippen LogP contribution in [0.3, 0.4) is 0 Å². The van der Waals surface area contributed by atoms with Crippen molar-refractivity contribution >= 4 is 23.5 Å². The Morgan fingerprint density at radius 3 is 2.57 bits per heavy atom. The summed E-state index contributed by atoms with van der Waals surface area (Å²) in [5.74, 6) is -0.208. The predicted molar refractivity (Wildman–Crippen MR) is 122 cm³/mol. The first-order valence-corrected chi connectivity index (χ1v) is 10.7. The van der Waals surface area contributed by atoms with Crippen LogP contribution in [0.2, 0.25) is 0 Å². The third-order valence-electron chi connectivity index (χ3n) is 4.66. The van der Waals surface area contributed by atoms with Crippen molar-refractivity contribution in [2.75, 3.05) is 0 Å². The largest absolute Gasteiger partial charge is 0.272 e. The molecule has 2 aromatic heterocycles. The van der Waals surface area contributed by atoms with E-state index in [-0.39, 0.29) is 5.91 Å². The highest BCUT2D eigenvalue weighted by molar-refractivity contribution is 7.10. The number of hydrogen-bond donors (Lipinski definition) is 1. The summed E-state index contributed by atoms with van der Waals surface area (Å²) in [6.45, 7) is 2.74. The van der Waals surface area contributed by atoms with Crippen molar-refractivity contribution < 1.29 is 4.79 Å². The van der Waals surface area contributed by atoms with Crippen molar-refractivity contribution in [1.82, 2.24) is 15.2 Å². The SMILES string of the molecule is CCc1cc(C(=O)N/N=C\c2cn(Cc3ccccc3)nc2-c2ccccc2)cs1. The first-order valence-electron chi connectivity index (χ1n) is 9.80. The zero-order chi connectivity index (χ0) is 20.8. The van der Waals surface area contributed by atoms with Crippen LogP contribution >= 0.6 is 11.3 Å². The number of amides is 1. The monoisotopic (exact) mass is 414 g/mol. The molecule has 150 valence electrons. The average molecular weight is 415 g/mol. The molecule has 6 heteroatoms. The van der Waals surface area contributed by atoms with Gasteiger partial charge in [0.15, 0.2) is 0 Å². The number of nitrogens with zero attached hydrogens (tertiary/aromatic N) is 3. The van der Waals surface area contributed by atoms with Crippen LogP contribution in [0.5, 0.6) is 0 Å². The Labute approximate surface area is 179 Å². The lowest BCUT2D eigenvalue weighted by molar-refractivity contribution is 0.0955. The molecule has 0 saturated heterocycles. The van der Waals surface area contributed by atoms with E-state index < -0.39 is 0 Å². The Hall–Kier alpha value is -3.51. The quantitative estimate of drug-likeness (QED) is 0.342. The molecule has 30 heavy (non-hydrogen) atoms. The number of aryl methyl sites for hydroxylation is 1. The number of nitrogens with one attached hydrogen (secondary N) is 1. The van der Waals surface area contributed by atoms with E-state index >= 15 is 0 Å². The average Bonchev–Trinajstić information content (AvgIpc) is 3.42. The lowest BCUT2D eigenvalue weighted by Gasteiger charge is -2.01. The molecule has 0 aliphatic rings. The zero-order valence-corrected chi connectivity index (χ0v) is 17.5. The smallest absolute Gasteiger partial charge is 0.267 e. The summed E-state index contributed by atoms with van der Waals surface area (Å²) in [5, 5.41) is 10.8. The van der Waals surface area contributed by atoms with Crippen LogP contribution in [0, 0.1) is 0 Å². The van der Waals surface area contributed by atoms with Crippen molar-refractivity contribution in [2.24, 2.45) is 5.10 Å². The van der Waals surface area contributed by atoms with Gasteiger partial charge in [0.05, 0.1) is 18.3 Å². The Kier molecular flexibility index (Phi) is 6.15. The van der Waals surface area contributed by atoms with E-state index in [1.165, 1.54) is 10.4 Å². The molecular formula is C24H22N4OS. The van der Waals surface area contributed by atoms with E-state index in [0.29, 0.717) is 12.1 Å². The van der Waals surface area contributed by atoms with Gasteiger partial charge in [-0.05, 0) is 18.1 Å². The highest BCUT2D eigenvalue weighted by Gasteiger charge is 2.11. The molecule has 2 heterocycles. The fourth-order valence-corrected chi connectivity index (χ4v) is 3.93. The first kappa shape index (κ1) is 19.8. The van der Waals surface area contributed by atoms with Crippen molar-refractivity contribution in [1.29, 1.82) is 0 Å². The molecule has 0 aliphatic heterocycles. The van der Waals surface area contributed by atoms with Gasteiger partial charge >= 0.3 is 0 Å². The fourth-order valence-electron chi connectivity index (χ4n) is 3.11. The summed E-state index contributed by atoms with van der Waals surface area (Å²) >= 11 is 1.59. The summed E-state index contributed by atoms with van der Waals surface area (Å²) in [4.78, 5) is 13.5. The van der Waals surface area contributed by atoms with Gasteiger partial charge in [-0.1, -0.05) is 67.6 Å². The van der Waals surface area contributed by atoms with E-state index in [1.807, 2.05) is 70.9 Å². The lowest BCUT2D eigenvalue weighted by atomic mass is 10.1. The maximum atomic E-state index is 12.3. The van der Waals surface area contributed by atoms with Gasteiger partial charge in [-0.3, -0.25) is 9.48 Å². The van der Waals surface area contributed by atoms with Crippen LogP contribution < -0.4 is 5.43 Å². The molecule has 0 aliphatic carbocycles. The summed E-state index contributed by atoms with van der Waals surface area (Å²) < 4.78 is 1.90. The standard InChI is InChI=1S/C24H22N4OS/c1-2-22-13-20(17-30-22)24(29)26-25-14-21-16-28(15-18-9-5-3-6-10-18)27-23(21)19-11-7-4-8-12-19/h3-14,16-17H,2,15H2,1H3,(H,26,29)/b25-14-. The predicted octanol–water partition coefficient (Wildman–Crippen LogP) is 4.99. The maximum absolute atomic E-state index is 12.3. The number of carbonyl (C=O) groups excluding carboxylic acids is 1. The third kappa shape index (κ3) is 4.72. The normalized spacial score (nSPS) is 11.1. The van der Waals surface area contributed by atoms with Crippen LogP contribution in [-0.4, -0.2) is 21.9 Å². The van der Waals surface area contributed by atoms with Crippen molar-refractivity contribution in [3.63, 3.8) is 0 Å². The van der Waals surface area contributed by atoms with E-state index in [9.17, 15) is 4.79 Å². The maximum Gasteiger partial charge on any atom is 0.272 e. The van der Waals surface area contributed by atoms with Crippen molar-refractivity contribution in [3.8, 4) is 11.3 Å². The van der Waals surface area contributed by atoms with Gasteiger partial charge in [0.25, 0.3) is 5.91 Å². The molecule has 0 fully saturated rings. The fraction of sp³-hybridized carbons (Fsp3) is 0.125. The molecule has 0 spiro atoms. The molecule has 0 unspecified atom stereocenters. The molecule has 1 N–H and O–H groups in total. The number of thiophene rings is 1. The number of rotatable bonds is 7. The van der Waals surface area contributed by atoms with E-state index in [0.717, 1.165) is 23.2 Å². The minimum atomic E-state index is -0.208. The third-order valence-corrected chi connectivity index (χ3v) is 5.74. The topological polar surface area (TPSA) is 59.3 Å². The number of benzene rings is 2. The van der Waals surface area contributed by atoms with Gasteiger partial charge < -0.3 is 0 Å². The second kappa shape index (κ2) is 9.33. The Morgan fingerprint density at radius 2 is 1.87 bits per heavy atom. The molecule has 0 atom stereocenters. The van der Waals surface area contributed by atoms with Crippen LogP contribution in [0.25, 0.3) is 11.3 Å². The van der Waals surface area contributed by atoms with Gasteiger partial charge in [0, 0.05) is 27.6 Å². The van der Waals surface area contributed by atoms with E-state index in [1.54, 1.807) is 17.6 Å². The Morgan fingerprint density at radius 1 is 1.13 bits per heavy atom. The molecule has 1 amide bonds. The van der Waals surface area contributed by atoms with Gasteiger partial charge in [0.1, 0.15) is 5.69 Å². The molecule has 0 saturated carbocycles. The lowest BCUT2D eigenvalue weighted by Crippen LogP contribution is -2.16.